The molecule has 0 aromatic heterocycles. The zero-order valence-electron chi connectivity index (χ0n) is 19.6. The van der Waals surface area contributed by atoms with Crippen LogP contribution in [0.3, 0.4) is 0 Å². The van der Waals surface area contributed by atoms with Crippen LogP contribution in [0.5, 0.6) is 17.2 Å². The minimum Gasteiger partial charge on any atom is -0.494 e. The van der Waals surface area contributed by atoms with Crippen molar-refractivity contribution in [3.05, 3.63) is 65.2 Å². The maximum atomic E-state index is 6.13. The van der Waals surface area contributed by atoms with Gasteiger partial charge in [-0.15, -0.1) is 0 Å². The molecule has 1 unspecified atom stereocenters. The maximum absolute atomic E-state index is 6.13. The van der Waals surface area contributed by atoms with Gasteiger partial charge in [-0.2, -0.15) is 0 Å². The van der Waals surface area contributed by atoms with E-state index in [1.54, 1.807) is 7.11 Å². The molecule has 0 heterocycles. The number of ether oxygens (including phenoxy) is 3. The smallest absolute Gasteiger partial charge is 0.125 e. The molecule has 0 saturated heterocycles. The van der Waals surface area contributed by atoms with Crippen LogP contribution in [0.25, 0.3) is 0 Å². The molecule has 5 heteroatoms. The molecule has 0 fully saturated rings. The summed E-state index contributed by atoms with van der Waals surface area (Å²) >= 11 is 0. The molecule has 2 aromatic carbocycles. The summed E-state index contributed by atoms with van der Waals surface area (Å²) in [5.74, 6) is 3.04. The summed E-state index contributed by atoms with van der Waals surface area (Å²) in [5, 5.41) is 3.94. The van der Waals surface area contributed by atoms with E-state index in [1.165, 1.54) is 0 Å². The van der Waals surface area contributed by atoms with Gasteiger partial charge in [0.05, 0.1) is 18.9 Å². The Labute approximate surface area is 186 Å². The first-order valence-corrected chi connectivity index (χ1v) is 10.7. The Morgan fingerprint density at radius 2 is 1.68 bits per heavy atom. The van der Waals surface area contributed by atoms with Crippen LogP contribution in [0.15, 0.2) is 53.7 Å². The third kappa shape index (κ3) is 8.00. The van der Waals surface area contributed by atoms with Crippen molar-refractivity contribution in [3.63, 3.8) is 0 Å². The molecule has 5 nitrogen and oxygen atoms in total. The highest BCUT2D eigenvalue weighted by Gasteiger charge is 2.10. The number of oxime groups is 1. The van der Waals surface area contributed by atoms with Crippen molar-refractivity contribution in [1.82, 2.24) is 0 Å². The summed E-state index contributed by atoms with van der Waals surface area (Å²) in [6, 6.07) is 11.9. The van der Waals surface area contributed by atoms with Crippen LogP contribution in [-0.2, 0) is 4.84 Å². The Morgan fingerprint density at radius 3 is 2.29 bits per heavy atom. The van der Waals surface area contributed by atoms with Crippen molar-refractivity contribution in [3.8, 4) is 17.2 Å². The molecule has 31 heavy (non-hydrogen) atoms. The van der Waals surface area contributed by atoms with E-state index in [2.05, 4.69) is 25.9 Å². The molecular formula is C26H35NO4. The molecule has 2 rings (SSSR count). The van der Waals surface area contributed by atoms with Gasteiger partial charge in [-0.05, 0) is 93.1 Å². The molecule has 0 aliphatic heterocycles. The Balaban J connectivity index is 1.79. The highest BCUT2D eigenvalue weighted by molar-refractivity contribution is 5.98. The zero-order valence-corrected chi connectivity index (χ0v) is 19.6. The summed E-state index contributed by atoms with van der Waals surface area (Å²) in [6.07, 6.45) is 4.88. The van der Waals surface area contributed by atoms with Crippen molar-refractivity contribution in [2.75, 3.05) is 26.9 Å². The van der Waals surface area contributed by atoms with Gasteiger partial charge in [0.2, 0.25) is 0 Å². The second kappa shape index (κ2) is 12.7. The van der Waals surface area contributed by atoms with Crippen molar-refractivity contribution in [1.29, 1.82) is 0 Å². The van der Waals surface area contributed by atoms with Crippen LogP contribution >= 0.6 is 0 Å². The van der Waals surface area contributed by atoms with Crippen molar-refractivity contribution in [2.24, 2.45) is 11.1 Å². The second-order valence-corrected chi connectivity index (χ2v) is 7.70. The number of benzene rings is 2. The van der Waals surface area contributed by atoms with Crippen molar-refractivity contribution < 1.29 is 19.0 Å². The molecule has 0 N–H and O–H groups in total. The SMILES string of the molecule is C/C=C/COc1cc(C)c(OCC(C)CCOc2ccc(/C(C)=N/OC)cc2)c(C)c1. The van der Waals surface area contributed by atoms with E-state index in [4.69, 9.17) is 19.0 Å². The summed E-state index contributed by atoms with van der Waals surface area (Å²) in [5.41, 5.74) is 4.03. The standard InChI is InChI=1S/C26H35NO4/c1-7-8-14-29-25-16-20(3)26(21(4)17-25)31-18-19(2)13-15-30-24-11-9-23(10-12-24)22(5)27-28-6/h7-12,16-17,19H,13-15,18H2,1-6H3/b8-7+,27-22+. The van der Waals surface area contributed by atoms with Crippen LogP contribution in [0, 0.1) is 19.8 Å². The third-order valence-corrected chi connectivity index (χ3v) is 4.91. The molecule has 0 radical (unpaired) electrons. The quantitative estimate of drug-likeness (QED) is 0.234. The minimum absolute atomic E-state index is 0.375. The number of nitrogens with zero attached hydrogens (tertiary/aromatic N) is 1. The van der Waals surface area contributed by atoms with Crippen LogP contribution in [-0.4, -0.2) is 32.6 Å². The average molecular weight is 426 g/mol. The fourth-order valence-electron chi connectivity index (χ4n) is 3.13. The summed E-state index contributed by atoms with van der Waals surface area (Å²) in [6.45, 7) is 12.1. The highest BCUT2D eigenvalue weighted by Crippen LogP contribution is 2.29. The first-order valence-electron chi connectivity index (χ1n) is 10.7. The molecule has 0 saturated carbocycles. The van der Waals surface area contributed by atoms with Crippen molar-refractivity contribution >= 4 is 5.71 Å². The normalized spacial score (nSPS) is 12.6. The Hall–Kier alpha value is -2.95. The number of hydrogen-bond donors (Lipinski definition) is 0. The molecule has 0 aliphatic rings. The summed E-state index contributed by atoms with van der Waals surface area (Å²) in [7, 11) is 1.55. The van der Waals surface area contributed by atoms with E-state index in [9.17, 15) is 0 Å². The van der Waals surface area contributed by atoms with Gasteiger partial charge < -0.3 is 19.0 Å². The predicted octanol–water partition coefficient (Wildman–Crippen LogP) is 6.11. The molecule has 0 spiro atoms. The summed E-state index contributed by atoms with van der Waals surface area (Å²) < 4.78 is 17.8. The Bertz CT molecular complexity index is 848. The molecule has 168 valence electrons. The van der Waals surface area contributed by atoms with Gasteiger partial charge in [-0.1, -0.05) is 24.2 Å². The fraction of sp³-hybridized carbons (Fsp3) is 0.423. The molecule has 0 amide bonds. The van der Waals surface area contributed by atoms with E-state index in [0.29, 0.717) is 25.7 Å². The Kier molecular flexibility index (Phi) is 9.95. The van der Waals surface area contributed by atoms with Crippen LogP contribution in [0.2, 0.25) is 0 Å². The van der Waals surface area contributed by atoms with Crippen LogP contribution < -0.4 is 14.2 Å². The molecule has 0 aliphatic carbocycles. The summed E-state index contributed by atoms with van der Waals surface area (Å²) in [4.78, 5) is 4.81. The number of rotatable bonds is 12. The van der Waals surface area contributed by atoms with Gasteiger partial charge in [0, 0.05) is 0 Å². The number of aryl methyl sites for hydroxylation is 2. The van der Waals surface area contributed by atoms with Crippen molar-refractivity contribution in [2.45, 2.75) is 41.0 Å². The second-order valence-electron chi connectivity index (χ2n) is 7.70. The van der Waals surface area contributed by atoms with Gasteiger partial charge in [0.15, 0.2) is 0 Å². The van der Waals surface area contributed by atoms with E-state index in [1.807, 2.05) is 62.4 Å². The lowest BCUT2D eigenvalue weighted by atomic mass is 10.1. The van der Waals surface area contributed by atoms with E-state index < -0.39 is 0 Å². The highest BCUT2D eigenvalue weighted by atomic mass is 16.6. The van der Waals surface area contributed by atoms with E-state index >= 15 is 0 Å². The zero-order chi connectivity index (χ0) is 22.6. The minimum atomic E-state index is 0.375. The average Bonchev–Trinajstić information content (AvgIpc) is 2.74. The predicted molar refractivity (Wildman–Crippen MR) is 127 cm³/mol. The van der Waals surface area contributed by atoms with Gasteiger partial charge >= 0.3 is 0 Å². The number of allylic oxidation sites excluding steroid dienone is 1. The topological polar surface area (TPSA) is 49.3 Å². The lowest BCUT2D eigenvalue weighted by Gasteiger charge is -2.18. The van der Waals surface area contributed by atoms with Crippen LogP contribution in [0.4, 0.5) is 0 Å². The van der Waals surface area contributed by atoms with E-state index in [0.717, 1.165) is 46.1 Å². The fourth-order valence-corrected chi connectivity index (χ4v) is 3.13. The van der Waals surface area contributed by atoms with Crippen LogP contribution in [0.1, 0.15) is 43.9 Å². The lowest BCUT2D eigenvalue weighted by molar-refractivity contribution is 0.213. The van der Waals surface area contributed by atoms with Gasteiger partial charge in [-0.3, -0.25) is 0 Å². The third-order valence-electron chi connectivity index (χ3n) is 4.91. The first-order chi connectivity index (χ1) is 14.9. The monoisotopic (exact) mass is 425 g/mol. The Morgan fingerprint density at radius 1 is 1.00 bits per heavy atom. The van der Waals surface area contributed by atoms with E-state index in [-0.39, 0.29) is 0 Å². The maximum Gasteiger partial charge on any atom is 0.125 e. The first kappa shape index (κ1) is 24.3. The molecule has 1 atom stereocenters. The van der Waals surface area contributed by atoms with Gasteiger partial charge in [0.25, 0.3) is 0 Å². The number of hydrogen-bond acceptors (Lipinski definition) is 5. The molecule has 0 bridgehead atoms. The molecule has 2 aromatic rings. The van der Waals surface area contributed by atoms with Gasteiger partial charge in [-0.25, -0.2) is 0 Å². The van der Waals surface area contributed by atoms with Gasteiger partial charge in [0.1, 0.15) is 31.0 Å². The lowest BCUT2D eigenvalue weighted by Crippen LogP contribution is -2.13. The molecular weight excluding hydrogens is 390 g/mol. The largest absolute Gasteiger partial charge is 0.494 e.